The van der Waals surface area contributed by atoms with Crippen LogP contribution in [0.4, 0.5) is 0 Å². The molecule has 100 valence electrons. The highest BCUT2D eigenvalue weighted by Crippen LogP contribution is 2.22. The van der Waals surface area contributed by atoms with Crippen LogP contribution in [0.2, 0.25) is 0 Å². The van der Waals surface area contributed by atoms with E-state index in [4.69, 9.17) is 0 Å². The van der Waals surface area contributed by atoms with Crippen molar-refractivity contribution >= 4 is 5.97 Å². The van der Waals surface area contributed by atoms with Gasteiger partial charge >= 0.3 is 5.97 Å². The Hall–Kier alpha value is -2.17. The topological polar surface area (TPSA) is 68.0 Å². The number of benzene rings is 1. The lowest BCUT2D eigenvalue weighted by Crippen LogP contribution is -2.19. The fraction of sp³-hybridized carbons (Fsp3) is 0.357. The smallest absolute Gasteiger partial charge is 0.336 e. The molecule has 1 aromatic heterocycles. The van der Waals surface area contributed by atoms with E-state index in [1.807, 2.05) is 6.07 Å². The summed E-state index contributed by atoms with van der Waals surface area (Å²) in [5.41, 5.74) is 1.93. The average molecular weight is 259 g/mol. The normalized spacial score (nSPS) is 11.5. The van der Waals surface area contributed by atoms with Gasteiger partial charge in [-0.25, -0.2) is 9.48 Å². The molecule has 2 rings (SSSR count). The summed E-state index contributed by atoms with van der Waals surface area (Å²) < 4.78 is 1.75. The molecule has 0 aliphatic heterocycles. The largest absolute Gasteiger partial charge is 0.478 e. The molecule has 0 radical (unpaired) electrons. The summed E-state index contributed by atoms with van der Waals surface area (Å²) in [5, 5.41) is 17.2. The van der Waals surface area contributed by atoms with Gasteiger partial charge in [-0.05, 0) is 11.6 Å². The van der Waals surface area contributed by atoms with Crippen LogP contribution in [0.3, 0.4) is 0 Å². The van der Waals surface area contributed by atoms with Crippen LogP contribution < -0.4 is 0 Å². The Balaban J connectivity index is 2.38. The van der Waals surface area contributed by atoms with Crippen molar-refractivity contribution in [3.63, 3.8) is 0 Å². The molecule has 0 fully saturated rings. The molecule has 0 saturated heterocycles. The third kappa shape index (κ3) is 2.81. The maximum atomic E-state index is 11.2. The molecule has 5 heteroatoms. The standard InChI is InChI=1S/C14H17N3O2/c1-14(2,3)12-8-15-16-17(12)9-10-6-4-5-7-11(10)13(18)19/h4-8H,9H2,1-3H3,(H,18,19). The molecule has 0 unspecified atom stereocenters. The highest BCUT2D eigenvalue weighted by molar-refractivity contribution is 5.89. The van der Waals surface area contributed by atoms with Crippen LogP contribution in [0.1, 0.15) is 42.4 Å². The lowest BCUT2D eigenvalue weighted by atomic mass is 9.92. The lowest BCUT2D eigenvalue weighted by molar-refractivity contribution is 0.0695. The predicted octanol–water partition coefficient (Wildman–Crippen LogP) is 2.32. The zero-order valence-electron chi connectivity index (χ0n) is 11.3. The average Bonchev–Trinajstić information content (AvgIpc) is 2.77. The summed E-state index contributed by atoms with van der Waals surface area (Å²) in [5.74, 6) is -0.923. The van der Waals surface area contributed by atoms with Crippen molar-refractivity contribution in [3.05, 3.63) is 47.3 Å². The molecular weight excluding hydrogens is 242 g/mol. The Morgan fingerprint density at radius 1 is 1.32 bits per heavy atom. The summed E-state index contributed by atoms with van der Waals surface area (Å²) in [6.45, 7) is 6.64. The maximum Gasteiger partial charge on any atom is 0.336 e. The van der Waals surface area contributed by atoms with Gasteiger partial charge in [0.05, 0.1) is 24.0 Å². The van der Waals surface area contributed by atoms with E-state index >= 15 is 0 Å². The highest BCUT2D eigenvalue weighted by Gasteiger charge is 2.20. The summed E-state index contributed by atoms with van der Waals surface area (Å²) in [6.07, 6.45) is 1.73. The Kier molecular flexibility index (Phi) is 3.38. The quantitative estimate of drug-likeness (QED) is 0.918. The van der Waals surface area contributed by atoms with Gasteiger partial charge in [0.25, 0.3) is 0 Å². The summed E-state index contributed by atoms with van der Waals surface area (Å²) in [6, 6.07) is 6.96. The molecule has 0 aliphatic carbocycles. The first-order valence-corrected chi connectivity index (χ1v) is 6.10. The minimum Gasteiger partial charge on any atom is -0.478 e. The van der Waals surface area contributed by atoms with Crippen LogP contribution in [0.25, 0.3) is 0 Å². The second-order valence-corrected chi connectivity index (χ2v) is 5.49. The molecular formula is C14H17N3O2. The van der Waals surface area contributed by atoms with Gasteiger partial charge in [-0.2, -0.15) is 0 Å². The van der Waals surface area contributed by atoms with Crippen molar-refractivity contribution < 1.29 is 9.90 Å². The number of carbonyl (C=O) groups is 1. The van der Waals surface area contributed by atoms with Crippen LogP contribution in [-0.4, -0.2) is 26.1 Å². The van der Waals surface area contributed by atoms with E-state index in [1.165, 1.54) is 0 Å². The van der Waals surface area contributed by atoms with E-state index in [1.54, 1.807) is 29.1 Å². The molecule has 1 aromatic carbocycles. The van der Waals surface area contributed by atoms with Crippen LogP contribution in [-0.2, 0) is 12.0 Å². The summed E-state index contributed by atoms with van der Waals surface area (Å²) >= 11 is 0. The van der Waals surface area contributed by atoms with E-state index in [2.05, 4.69) is 31.1 Å². The van der Waals surface area contributed by atoms with Crippen molar-refractivity contribution in [2.75, 3.05) is 0 Å². The van der Waals surface area contributed by atoms with Crippen molar-refractivity contribution in [3.8, 4) is 0 Å². The van der Waals surface area contributed by atoms with E-state index in [-0.39, 0.29) is 5.41 Å². The Labute approximate surface area is 111 Å². The van der Waals surface area contributed by atoms with Crippen LogP contribution in [0.15, 0.2) is 30.5 Å². The van der Waals surface area contributed by atoms with Gasteiger partial charge in [-0.3, -0.25) is 0 Å². The Morgan fingerprint density at radius 3 is 2.63 bits per heavy atom. The van der Waals surface area contributed by atoms with Gasteiger partial charge in [0.15, 0.2) is 0 Å². The third-order valence-electron chi connectivity index (χ3n) is 2.95. The van der Waals surface area contributed by atoms with Gasteiger partial charge in [0.1, 0.15) is 0 Å². The predicted molar refractivity (Wildman–Crippen MR) is 71.2 cm³/mol. The fourth-order valence-corrected chi connectivity index (χ4v) is 1.98. The number of nitrogens with zero attached hydrogens (tertiary/aromatic N) is 3. The van der Waals surface area contributed by atoms with Gasteiger partial charge in [0, 0.05) is 5.41 Å². The molecule has 0 amide bonds. The molecule has 0 saturated carbocycles. The first kappa shape index (κ1) is 13.3. The first-order chi connectivity index (χ1) is 8.89. The zero-order valence-corrected chi connectivity index (χ0v) is 11.3. The third-order valence-corrected chi connectivity index (χ3v) is 2.95. The van der Waals surface area contributed by atoms with Crippen LogP contribution >= 0.6 is 0 Å². The number of carboxylic acid groups (broad SMARTS) is 1. The fourth-order valence-electron chi connectivity index (χ4n) is 1.98. The molecule has 0 aliphatic rings. The molecule has 2 aromatic rings. The zero-order chi connectivity index (χ0) is 14.0. The molecule has 0 atom stereocenters. The SMILES string of the molecule is CC(C)(C)c1cnnn1Cc1ccccc1C(=O)O. The molecule has 5 nitrogen and oxygen atoms in total. The van der Waals surface area contributed by atoms with E-state index in [9.17, 15) is 9.90 Å². The number of aromatic carboxylic acids is 1. The summed E-state index contributed by atoms with van der Waals surface area (Å²) in [4.78, 5) is 11.2. The van der Waals surface area contributed by atoms with Crippen LogP contribution in [0.5, 0.6) is 0 Å². The maximum absolute atomic E-state index is 11.2. The van der Waals surface area contributed by atoms with Crippen molar-refractivity contribution in [1.29, 1.82) is 0 Å². The molecule has 1 heterocycles. The number of aromatic nitrogens is 3. The second-order valence-electron chi connectivity index (χ2n) is 5.49. The van der Waals surface area contributed by atoms with Gasteiger partial charge < -0.3 is 5.11 Å². The van der Waals surface area contributed by atoms with Crippen molar-refractivity contribution in [2.24, 2.45) is 0 Å². The Morgan fingerprint density at radius 2 is 2.00 bits per heavy atom. The van der Waals surface area contributed by atoms with E-state index in [0.717, 1.165) is 11.3 Å². The Bertz CT molecular complexity index is 597. The molecule has 0 spiro atoms. The second kappa shape index (κ2) is 4.84. The van der Waals surface area contributed by atoms with E-state index in [0.29, 0.717) is 12.1 Å². The van der Waals surface area contributed by atoms with Crippen molar-refractivity contribution in [1.82, 2.24) is 15.0 Å². The first-order valence-electron chi connectivity index (χ1n) is 6.10. The van der Waals surface area contributed by atoms with Gasteiger partial charge in [0.2, 0.25) is 0 Å². The monoisotopic (exact) mass is 259 g/mol. The number of hydrogen-bond donors (Lipinski definition) is 1. The molecule has 1 N–H and O–H groups in total. The molecule has 19 heavy (non-hydrogen) atoms. The number of carboxylic acids is 1. The van der Waals surface area contributed by atoms with Crippen LogP contribution in [0, 0.1) is 0 Å². The van der Waals surface area contributed by atoms with Crippen molar-refractivity contribution in [2.45, 2.75) is 32.7 Å². The highest BCUT2D eigenvalue weighted by atomic mass is 16.4. The number of rotatable bonds is 3. The minimum absolute atomic E-state index is 0.0817. The summed E-state index contributed by atoms with van der Waals surface area (Å²) in [7, 11) is 0. The lowest BCUT2D eigenvalue weighted by Gasteiger charge is -2.19. The van der Waals surface area contributed by atoms with E-state index < -0.39 is 5.97 Å². The number of hydrogen-bond acceptors (Lipinski definition) is 3. The minimum atomic E-state index is -0.923. The van der Waals surface area contributed by atoms with Gasteiger partial charge in [-0.15, -0.1) is 5.10 Å². The molecule has 0 bridgehead atoms. The van der Waals surface area contributed by atoms with Gasteiger partial charge in [-0.1, -0.05) is 44.2 Å².